The minimum absolute atomic E-state index is 0.415. The molecule has 0 spiro atoms. The Balaban J connectivity index is 2.57. The van der Waals surface area contributed by atoms with Gasteiger partial charge in [0.25, 0.3) is 0 Å². The molecule has 0 bridgehead atoms. The molecule has 0 fully saturated rings. The van der Waals surface area contributed by atoms with E-state index in [1.165, 1.54) is 5.56 Å². The van der Waals surface area contributed by atoms with Crippen molar-refractivity contribution in [3.05, 3.63) is 40.1 Å². The van der Waals surface area contributed by atoms with Crippen LogP contribution in [0, 0.1) is 18.3 Å². The second-order valence-electron chi connectivity index (χ2n) is 3.61. The number of aryl methyl sites for hydroxylation is 1. The second-order valence-corrected chi connectivity index (χ2v) is 4.36. The predicted molar refractivity (Wildman–Crippen MR) is 65.8 cm³/mol. The fourth-order valence-corrected chi connectivity index (χ4v) is 1.86. The zero-order chi connectivity index (χ0) is 11.7. The van der Waals surface area contributed by atoms with E-state index in [1.54, 1.807) is 0 Å². The Labute approximate surface area is 102 Å². The molecule has 80 valence electrons. The van der Waals surface area contributed by atoms with Crippen molar-refractivity contribution >= 4 is 15.9 Å². The Kier molecular flexibility index (Phi) is 2.80. The van der Waals surface area contributed by atoms with Gasteiger partial charge in [0.05, 0.1) is 0 Å². The summed E-state index contributed by atoms with van der Waals surface area (Å²) in [7, 11) is 1.88. The molecule has 2 rings (SSSR count). The van der Waals surface area contributed by atoms with Crippen LogP contribution in [0.4, 0.5) is 0 Å². The van der Waals surface area contributed by atoms with Crippen molar-refractivity contribution in [1.82, 2.24) is 9.55 Å². The third kappa shape index (κ3) is 1.74. The van der Waals surface area contributed by atoms with Crippen molar-refractivity contribution in [3.63, 3.8) is 0 Å². The lowest BCUT2D eigenvalue weighted by molar-refractivity contribution is 0.901. The highest BCUT2D eigenvalue weighted by atomic mass is 79.9. The fourth-order valence-electron chi connectivity index (χ4n) is 1.51. The molecule has 0 aliphatic rings. The minimum Gasteiger partial charge on any atom is -0.321 e. The molecule has 0 unspecified atom stereocenters. The number of benzene rings is 1. The summed E-state index contributed by atoms with van der Waals surface area (Å²) in [6.07, 6.45) is 0. The van der Waals surface area contributed by atoms with Crippen LogP contribution in [-0.2, 0) is 7.05 Å². The summed E-state index contributed by atoms with van der Waals surface area (Å²) in [5.41, 5.74) is 2.63. The van der Waals surface area contributed by atoms with Crippen LogP contribution in [-0.4, -0.2) is 9.55 Å². The lowest BCUT2D eigenvalue weighted by atomic mass is 10.1. The van der Waals surface area contributed by atoms with Crippen molar-refractivity contribution in [2.75, 3.05) is 0 Å². The van der Waals surface area contributed by atoms with E-state index in [2.05, 4.69) is 27.0 Å². The van der Waals surface area contributed by atoms with E-state index in [-0.39, 0.29) is 0 Å². The van der Waals surface area contributed by atoms with E-state index in [0.717, 1.165) is 11.4 Å². The largest absolute Gasteiger partial charge is 0.321 e. The summed E-state index contributed by atoms with van der Waals surface area (Å²) in [6.45, 7) is 2.04. The number of halogens is 1. The molecule has 0 saturated heterocycles. The van der Waals surface area contributed by atoms with Gasteiger partial charge in [-0.15, -0.1) is 0 Å². The zero-order valence-corrected chi connectivity index (χ0v) is 10.6. The maximum absolute atomic E-state index is 8.89. The van der Waals surface area contributed by atoms with Crippen molar-refractivity contribution < 1.29 is 0 Å². The van der Waals surface area contributed by atoms with Crippen LogP contribution < -0.4 is 0 Å². The van der Waals surface area contributed by atoms with Crippen LogP contribution >= 0.6 is 15.9 Å². The fraction of sp³-hybridized carbons (Fsp3) is 0.167. The standard InChI is InChI=1S/C12H10BrN3/c1-8-3-5-9(6-4-8)12-15-10(7-14)11(13)16(12)2/h3-6H,1-2H3. The summed E-state index contributed by atoms with van der Waals surface area (Å²) >= 11 is 3.35. The summed E-state index contributed by atoms with van der Waals surface area (Å²) in [6, 6.07) is 10.1. The summed E-state index contributed by atoms with van der Waals surface area (Å²) < 4.78 is 2.58. The summed E-state index contributed by atoms with van der Waals surface area (Å²) in [5.74, 6) is 0.795. The molecule has 0 atom stereocenters. The van der Waals surface area contributed by atoms with E-state index in [9.17, 15) is 0 Å². The molecule has 0 radical (unpaired) electrons. The first-order chi connectivity index (χ1) is 7.63. The smallest absolute Gasteiger partial charge is 0.173 e. The summed E-state index contributed by atoms with van der Waals surface area (Å²) in [4.78, 5) is 4.28. The van der Waals surface area contributed by atoms with Gasteiger partial charge in [-0.3, -0.25) is 0 Å². The molecule has 2 aromatic rings. The number of aromatic nitrogens is 2. The number of imidazole rings is 1. The molecule has 16 heavy (non-hydrogen) atoms. The molecule has 1 heterocycles. The van der Waals surface area contributed by atoms with Gasteiger partial charge < -0.3 is 4.57 Å². The molecular formula is C12H10BrN3. The first-order valence-electron chi connectivity index (χ1n) is 4.83. The number of hydrogen-bond acceptors (Lipinski definition) is 2. The van der Waals surface area contributed by atoms with Gasteiger partial charge in [-0.05, 0) is 22.9 Å². The van der Waals surface area contributed by atoms with Crippen molar-refractivity contribution in [2.45, 2.75) is 6.92 Å². The minimum atomic E-state index is 0.415. The van der Waals surface area contributed by atoms with Crippen LogP contribution in [0.1, 0.15) is 11.3 Å². The highest BCUT2D eigenvalue weighted by Gasteiger charge is 2.12. The molecule has 0 amide bonds. The quantitative estimate of drug-likeness (QED) is 0.803. The molecule has 0 aliphatic heterocycles. The topological polar surface area (TPSA) is 41.6 Å². The zero-order valence-electron chi connectivity index (χ0n) is 9.03. The normalized spacial score (nSPS) is 10.1. The Hall–Kier alpha value is -1.60. The van der Waals surface area contributed by atoms with Gasteiger partial charge >= 0.3 is 0 Å². The number of nitrogens with zero attached hydrogens (tertiary/aromatic N) is 3. The van der Waals surface area contributed by atoms with Gasteiger partial charge in [0.15, 0.2) is 5.69 Å². The lowest BCUT2D eigenvalue weighted by Gasteiger charge is -2.02. The maximum Gasteiger partial charge on any atom is 0.173 e. The third-order valence-electron chi connectivity index (χ3n) is 2.44. The van der Waals surface area contributed by atoms with Gasteiger partial charge in [0.1, 0.15) is 16.5 Å². The first-order valence-corrected chi connectivity index (χ1v) is 5.62. The molecule has 1 aromatic carbocycles. The van der Waals surface area contributed by atoms with Gasteiger partial charge in [-0.1, -0.05) is 29.8 Å². The molecule has 0 saturated carbocycles. The van der Waals surface area contributed by atoms with Gasteiger partial charge in [0.2, 0.25) is 0 Å². The molecule has 4 heteroatoms. The average Bonchev–Trinajstić information content (AvgIpc) is 2.57. The van der Waals surface area contributed by atoms with Crippen LogP contribution in [0.15, 0.2) is 28.9 Å². The van der Waals surface area contributed by atoms with Crippen LogP contribution in [0.25, 0.3) is 11.4 Å². The molecule has 0 aliphatic carbocycles. The van der Waals surface area contributed by atoms with Gasteiger partial charge in [-0.25, -0.2) is 4.98 Å². The SMILES string of the molecule is Cc1ccc(-c2nc(C#N)c(Br)n2C)cc1. The monoisotopic (exact) mass is 275 g/mol. The van der Waals surface area contributed by atoms with E-state index >= 15 is 0 Å². The molecule has 1 aromatic heterocycles. The summed E-state index contributed by atoms with van der Waals surface area (Å²) in [5, 5.41) is 8.89. The lowest BCUT2D eigenvalue weighted by Crippen LogP contribution is -1.92. The number of nitriles is 1. The van der Waals surface area contributed by atoms with Crippen LogP contribution in [0.5, 0.6) is 0 Å². The van der Waals surface area contributed by atoms with Gasteiger partial charge in [-0.2, -0.15) is 5.26 Å². The highest BCUT2D eigenvalue weighted by Crippen LogP contribution is 2.24. The first kappa shape index (κ1) is 10.9. The molecule has 3 nitrogen and oxygen atoms in total. The molecule has 0 N–H and O–H groups in total. The van der Waals surface area contributed by atoms with Crippen molar-refractivity contribution in [3.8, 4) is 17.5 Å². The van der Waals surface area contributed by atoms with Crippen molar-refractivity contribution in [2.24, 2.45) is 7.05 Å². The van der Waals surface area contributed by atoms with Crippen LogP contribution in [0.3, 0.4) is 0 Å². The molecular weight excluding hydrogens is 266 g/mol. The highest BCUT2D eigenvalue weighted by molar-refractivity contribution is 9.10. The maximum atomic E-state index is 8.89. The van der Waals surface area contributed by atoms with Gasteiger partial charge in [0, 0.05) is 12.6 Å². The Bertz CT molecular complexity index is 561. The number of rotatable bonds is 1. The number of hydrogen-bond donors (Lipinski definition) is 0. The van der Waals surface area contributed by atoms with E-state index in [1.807, 2.05) is 42.8 Å². The van der Waals surface area contributed by atoms with E-state index < -0.39 is 0 Å². The van der Waals surface area contributed by atoms with E-state index in [4.69, 9.17) is 5.26 Å². The third-order valence-corrected chi connectivity index (χ3v) is 3.35. The Morgan fingerprint density at radius 2 is 1.94 bits per heavy atom. The van der Waals surface area contributed by atoms with E-state index in [0.29, 0.717) is 10.3 Å². The second kappa shape index (κ2) is 4.11. The predicted octanol–water partition coefficient (Wildman–Crippen LogP) is 3.03. The average molecular weight is 276 g/mol. The Morgan fingerprint density at radius 3 is 2.44 bits per heavy atom. The Morgan fingerprint density at radius 1 is 1.31 bits per heavy atom. The van der Waals surface area contributed by atoms with Crippen molar-refractivity contribution in [1.29, 1.82) is 5.26 Å². The van der Waals surface area contributed by atoms with Crippen LogP contribution in [0.2, 0.25) is 0 Å².